The van der Waals surface area contributed by atoms with E-state index in [1.165, 1.54) is 0 Å². The van der Waals surface area contributed by atoms with Crippen LogP contribution in [-0.2, 0) is 11.3 Å². The van der Waals surface area contributed by atoms with Gasteiger partial charge in [0.2, 0.25) is 0 Å². The molecule has 0 aliphatic carbocycles. The maximum atomic E-state index is 10.6. The average Bonchev–Trinajstić information content (AvgIpc) is 2.88. The molecule has 0 saturated heterocycles. The highest BCUT2D eigenvalue weighted by Crippen LogP contribution is 2.12. The van der Waals surface area contributed by atoms with Gasteiger partial charge in [0.25, 0.3) is 5.91 Å². The van der Waals surface area contributed by atoms with Crippen LogP contribution in [0, 0.1) is 0 Å². The van der Waals surface area contributed by atoms with Crippen molar-refractivity contribution < 1.29 is 9.53 Å². The van der Waals surface area contributed by atoms with Gasteiger partial charge in [0.05, 0.1) is 6.54 Å². The first-order valence-electron chi connectivity index (χ1n) is 5.61. The molecule has 0 radical (unpaired) electrons. The molecule has 1 aromatic heterocycles. The third-order valence-electron chi connectivity index (χ3n) is 2.37. The standard InChI is InChI=1S/C13H15N3O2/c14-13(17)10-18-12-5-3-11(4-6-12)9-15-16-7-1-2-8-16/h1-8,15H,9-10H2,(H2,14,17). The third kappa shape index (κ3) is 3.55. The van der Waals surface area contributed by atoms with E-state index in [4.69, 9.17) is 10.5 Å². The summed E-state index contributed by atoms with van der Waals surface area (Å²) in [7, 11) is 0. The lowest BCUT2D eigenvalue weighted by Crippen LogP contribution is -2.20. The Kier molecular flexibility index (Phi) is 3.86. The van der Waals surface area contributed by atoms with E-state index in [0.717, 1.165) is 5.56 Å². The summed E-state index contributed by atoms with van der Waals surface area (Å²) in [6.07, 6.45) is 3.87. The average molecular weight is 245 g/mol. The second-order valence-electron chi connectivity index (χ2n) is 3.82. The van der Waals surface area contributed by atoms with Gasteiger partial charge < -0.3 is 15.9 Å². The molecule has 1 heterocycles. The molecule has 2 rings (SSSR count). The Morgan fingerprint density at radius 1 is 1.22 bits per heavy atom. The molecule has 18 heavy (non-hydrogen) atoms. The minimum atomic E-state index is -0.478. The van der Waals surface area contributed by atoms with Crippen LogP contribution in [0.3, 0.4) is 0 Å². The fourth-order valence-electron chi connectivity index (χ4n) is 1.48. The van der Waals surface area contributed by atoms with Gasteiger partial charge >= 0.3 is 0 Å². The van der Waals surface area contributed by atoms with Crippen molar-refractivity contribution in [3.05, 3.63) is 54.4 Å². The van der Waals surface area contributed by atoms with Crippen LogP contribution in [0.15, 0.2) is 48.8 Å². The van der Waals surface area contributed by atoms with E-state index in [2.05, 4.69) is 5.43 Å². The summed E-state index contributed by atoms with van der Waals surface area (Å²) in [4.78, 5) is 10.6. The van der Waals surface area contributed by atoms with Crippen molar-refractivity contribution in [1.82, 2.24) is 4.68 Å². The van der Waals surface area contributed by atoms with Crippen molar-refractivity contribution in [2.75, 3.05) is 12.0 Å². The smallest absolute Gasteiger partial charge is 0.255 e. The van der Waals surface area contributed by atoms with E-state index >= 15 is 0 Å². The summed E-state index contributed by atoms with van der Waals surface area (Å²) in [6, 6.07) is 11.4. The second kappa shape index (κ2) is 5.77. The predicted octanol–water partition coefficient (Wildman–Crippen LogP) is 1.10. The Labute approximate surface area is 105 Å². The number of ether oxygens (including phenoxy) is 1. The van der Waals surface area contributed by atoms with E-state index in [9.17, 15) is 4.79 Å². The number of carbonyl (C=O) groups is 1. The first-order valence-corrected chi connectivity index (χ1v) is 5.61. The number of nitrogens with zero attached hydrogens (tertiary/aromatic N) is 1. The zero-order chi connectivity index (χ0) is 12.8. The Hall–Kier alpha value is -2.43. The summed E-state index contributed by atoms with van der Waals surface area (Å²) in [5, 5.41) is 0. The molecule has 5 heteroatoms. The second-order valence-corrected chi connectivity index (χ2v) is 3.82. The van der Waals surface area contributed by atoms with E-state index in [-0.39, 0.29) is 6.61 Å². The Morgan fingerprint density at radius 2 is 1.89 bits per heavy atom. The molecular weight excluding hydrogens is 230 g/mol. The van der Waals surface area contributed by atoms with Crippen LogP contribution in [0.4, 0.5) is 0 Å². The number of nitrogens with two attached hydrogens (primary N) is 1. The zero-order valence-corrected chi connectivity index (χ0v) is 9.87. The van der Waals surface area contributed by atoms with Crippen LogP contribution in [0.1, 0.15) is 5.56 Å². The normalized spacial score (nSPS) is 10.0. The number of nitrogens with one attached hydrogen (secondary N) is 1. The largest absolute Gasteiger partial charge is 0.484 e. The van der Waals surface area contributed by atoms with Crippen molar-refractivity contribution in [2.45, 2.75) is 6.54 Å². The van der Waals surface area contributed by atoms with Gasteiger partial charge in [-0.2, -0.15) is 0 Å². The van der Waals surface area contributed by atoms with Crippen LogP contribution >= 0.6 is 0 Å². The number of carbonyl (C=O) groups excluding carboxylic acids is 1. The number of rotatable bonds is 6. The summed E-state index contributed by atoms with van der Waals surface area (Å²) in [6.45, 7) is 0.617. The number of hydrogen-bond donors (Lipinski definition) is 2. The molecule has 0 aliphatic rings. The van der Waals surface area contributed by atoms with Crippen LogP contribution in [0.5, 0.6) is 5.75 Å². The molecule has 0 fully saturated rings. The number of benzene rings is 1. The Balaban J connectivity index is 1.85. The quantitative estimate of drug-likeness (QED) is 0.800. The monoisotopic (exact) mass is 245 g/mol. The van der Waals surface area contributed by atoms with E-state index in [1.54, 1.807) is 0 Å². The fourth-order valence-corrected chi connectivity index (χ4v) is 1.48. The molecule has 5 nitrogen and oxygen atoms in total. The summed E-state index contributed by atoms with van der Waals surface area (Å²) in [5.41, 5.74) is 9.33. The van der Waals surface area contributed by atoms with Crippen LogP contribution in [0.2, 0.25) is 0 Å². The van der Waals surface area contributed by atoms with Crippen molar-refractivity contribution in [3.63, 3.8) is 0 Å². The molecular formula is C13H15N3O2. The SMILES string of the molecule is NC(=O)COc1ccc(CNn2cccc2)cc1. The van der Waals surface area contributed by atoms with E-state index < -0.39 is 5.91 Å². The van der Waals surface area contributed by atoms with Crippen LogP contribution in [0.25, 0.3) is 0 Å². The molecule has 0 aliphatic heterocycles. The van der Waals surface area contributed by atoms with Crippen molar-refractivity contribution in [3.8, 4) is 5.75 Å². The molecule has 1 amide bonds. The van der Waals surface area contributed by atoms with Gasteiger partial charge in [0, 0.05) is 12.4 Å². The number of amides is 1. The molecule has 0 saturated carbocycles. The van der Waals surface area contributed by atoms with Crippen molar-refractivity contribution in [2.24, 2.45) is 5.73 Å². The number of aromatic nitrogens is 1. The fraction of sp³-hybridized carbons (Fsp3) is 0.154. The van der Waals surface area contributed by atoms with Gasteiger partial charge in [-0.3, -0.25) is 9.47 Å². The molecule has 2 aromatic rings. The lowest BCUT2D eigenvalue weighted by molar-refractivity contribution is -0.119. The van der Waals surface area contributed by atoms with E-state index in [0.29, 0.717) is 12.3 Å². The van der Waals surface area contributed by atoms with Gasteiger partial charge in [-0.15, -0.1) is 0 Å². The van der Waals surface area contributed by atoms with Gasteiger partial charge in [-0.25, -0.2) is 0 Å². The molecule has 1 aromatic carbocycles. The lowest BCUT2D eigenvalue weighted by Gasteiger charge is -2.08. The van der Waals surface area contributed by atoms with Crippen LogP contribution in [-0.4, -0.2) is 17.2 Å². The van der Waals surface area contributed by atoms with Crippen LogP contribution < -0.4 is 15.9 Å². The van der Waals surface area contributed by atoms with Crippen molar-refractivity contribution >= 4 is 5.91 Å². The topological polar surface area (TPSA) is 69.3 Å². The highest BCUT2D eigenvalue weighted by molar-refractivity contribution is 5.75. The first kappa shape index (κ1) is 12.0. The van der Waals surface area contributed by atoms with Crippen molar-refractivity contribution in [1.29, 1.82) is 0 Å². The Morgan fingerprint density at radius 3 is 2.50 bits per heavy atom. The molecule has 0 spiro atoms. The number of hydrogen-bond acceptors (Lipinski definition) is 3. The van der Waals surface area contributed by atoms with E-state index in [1.807, 2.05) is 53.5 Å². The number of primary amides is 1. The summed E-state index contributed by atoms with van der Waals surface area (Å²) >= 11 is 0. The lowest BCUT2D eigenvalue weighted by atomic mass is 10.2. The maximum absolute atomic E-state index is 10.6. The minimum absolute atomic E-state index is 0.0963. The summed E-state index contributed by atoms with van der Waals surface area (Å²) in [5.74, 6) is 0.159. The first-order chi connectivity index (χ1) is 8.74. The Bertz CT molecular complexity index is 491. The maximum Gasteiger partial charge on any atom is 0.255 e. The molecule has 94 valence electrons. The summed E-state index contributed by atoms with van der Waals surface area (Å²) < 4.78 is 7.06. The van der Waals surface area contributed by atoms with Gasteiger partial charge in [-0.05, 0) is 29.8 Å². The molecule has 3 N–H and O–H groups in total. The highest BCUT2D eigenvalue weighted by atomic mass is 16.5. The third-order valence-corrected chi connectivity index (χ3v) is 2.37. The zero-order valence-electron chi connectivity index (χ0n) is 9.87. The minimum Gasteiger partial charge on any atom is -0.484 e. The molecule has 0 unspecified atom stereocenters. The molecule has 0 bridgehead atoms. The predicted molar refractivity (Wildman–Crippen MR) is 68.6 cm³/mol. The van der Waals surface area contributed by atoms with Gasteiger partial charge in [0.1, 0.15) is 5.75 Å². The molecule has 0 atom stereocenters. The van der Waals surface area contributed by atoms with Gasteiger partial charge in [0.15, 0.2) is 6.61 Å². The highest BCUT2D eigenvalue weighted by Gasteiger charge is 1.98. The van der Waals surface area contributed by atoms with Gasteiger partial charge in [-0.1, -0.05) is 12.1 Å².